The Hall–Kier alpha value is -1.53. The van der Waals surface area contributed by atoms with Crippen molar-refractivity contribution in [2.45, 2.75) is 26.2 Å². The van der Waals surface area contributed by atoms with E-state index in [0.717, 1.165) is 25.0 Å². The molecule has 0 saturated heterocycles. The van der Waals surface area contributed by atoms with Crippen LogP contribution in [0.2, 0.25) is 0 Å². The molecule has 0 radical (unpaired) electrons. The van der Waals surface area contributed by atoms with Gasteiger partial charge >= 0.3 is 6.03 Å². The number of aromatic nitrogens is 1. The van der Waals surface area contributed by atoms with Gasteiger partial charge in [-0.2, -0.15) is 0 Å². The van der Waals surface area contributed by atoms with Gasteiger partial charge in [0.2, 0.25) is 0 Å². The number of amides is 2. The number of halogens is 2. The van der Waals surface area contributed by atoms with Gasteiger partial charge < -0.3 is 11.1 Å². The molecule has 21 heavy (non-hydrogen) atoms. The Morgan fingerprint density at radius 2 is 2.14 bits per heavy atom. The first-order valence-corrected chi connectivity index (χ1v) is 6.47. The SMILES string of the molecule is CCCNC(=O)NC(N)=NCCCc1ccccn1.Cl.Cl. The molecule has 0 fully saturated rings. The normalized spacial score (nSPS) is 10.0. The van der Waals surface area contributed by atoms with E-state index in [1.165, 1.54) is 0 Å². The van der Waals surface area contributed by atoms with Gasteiger partial charge in [-0.3, -0.25) is 15.3 Å². The fraction of sp³-hybridized carbons (Fsp3) is 0.462. The summed E-state index contributed by atoms with van der Waals surface area (Å²) in [5.74, 6) is 0.148. The number of aryl methyl sites for hydroxylation is 1. The number of urea groups is 1. The Morgan fingerprint density at radius 3 is 2.76 bits per heavy atom. The second kappa shape index (κ2) is 13.5. The maximum absolute atomic E-state index is 11.3. The third kappa shape index (κ3) is 10.9. The molecule has 1 aromatic rings. The third-order valence-corrected chi connectivity index (χ3v) is 2.38. The summed E-state index contributed by atoms with van der Waals surface area (Å²) in [6, 6.07) is 5.51. The predicted octanol–water partition coefficient (Wildman–Crippen LogP) is 1.88. The van der Waals surface area contributed by atoms with E-state index in [-0.39, 0.29) is 36.8 Å². The monoisotopic (exact) mass is 335 g/mol. The number of rotatable bonds is 6. The van der Waals surface area contributed by atoms with Gasteiger partial charge in [-0.15, -0.1) is 24.8 Å². The molecule has 0 spiro atoms. The van der Waals surface area contributed by atoms with Crippen LogP contribution in [0.1, 0.15) is 25.5 Å². The number of aliphatic imine (C=N–C) groups is 1. The molecule has 0 saturated carbocycles. The minimum Gasteiger partial charge on any atom is -0.370 e. The lowest BCUT2D eigenvalue weighted by Gasteiger charge is -2.05. The molecule has 0 aliphatic rings. The van der Waals surface area contributed by atoms with Crippen LogP contribution in [0.3, 0.4) is 0 Å². The zero-order chi connectivity index (χ0) is 13.9. The van der Waals surface area contributed by atoms with E-state index in [4.69, 9.17) is 5.73 Å². The number of guanidine groups is 1. The van der Waals surface area contributed by atoms with Crippen LogP contribution in [0.15, 0.2) is 29.4 Å². The Morgan fingerprint density at radius 1 is 1.38 bits per heavy atom. The maximum atomic E-state index is 11.3. The van der Waals surface area contributed by atoms with E-state index in [2.05, 4.69) is 20.6 Å². The highest BCUT2D eigenvalue weighted by Crippen LogP contribution is 1.97. The van der Waals surface area contributed by atoms with Gasteiger partial charge in [0.05, 0.1) is 0 Å². The molecule has 0 atom stereocenters. The van der Waals surface area contributed by atoms with Crippen LogP contribution < -0.4 is 16.4 Å². The smallest absolute Gasteiger partial charge is 0.321 e. The van der Waals surface area contributed by atoms with Crippen LogP contribution >= 0.6 is 24.8 Å². The molecular formula is C13H23Cl2N5O. The molecular weight excluding hydrogens is 313 g/mol. The van der Waals surface area contributed by atoms with Crippen LogP contribution in [-0.2, 0) is 6.42 Å². The summed E-state index contributed by atoms with van der Waals surface area (Å²) in [5, 5.41) is 5.13. The molecule has 2 amide bonds. The lowest BCUT2D eigenvalue weighted by molar-refractivity contribution is 0.245. The Balaban J connectivity index is 0. The van der Waals surface area contributed by atoms with Crippen molar-refractivity contribution in [3.05, 3.63) is 30.1 Å². The Kier molecular flexibility index (Phi) is 13.9. The van der Waals surface area contributed by atoms with Gasteiger partial charge in [0, 0.05) is 25.0 Å². The van der Waals surface area contributed by atoms with E-state index >= 15 is 0 Å². The van der Waals surface area contributed by atoms with Gasteiger partial charge in [0.25, 0.3) is 0 Å². The fourth-order valence-electron chi connectivity index (χ4n) is 1.44. The number of carbonyl (C=O) groups is 1. The summed E-state index contributed by atoms with van der Waals surface area (Å²) in [6.07, 6.45) is 4.34. The first kappa shape index (κ1) is 21.8. The molecule has 0 aromatic carbocycles. The Labute approximate surface area is 137 Å². The van der Waals surface area contributed by atoms with Crippen molar-refractivity contribution in [1.29, 1.82) is 0 Å². The van der Waals surface area contributed by atoms with Crippen molar-refractivity contribution in [3.8, 4) is 0 Å². The second-order valence-corrected chi connectivity index (χ2v) is 4.07. The topological polar surface area (TPSA) is 92.4 Å². The number of nitrogens with two attached hydrogens (primary N) is 1. The summed E-state index contributed by atoms with van der Waals surface area (Å²) >= 11 is 0. The molecule has 0 aliphatic heterocycles. The van der Waals surface area contributed by atoms with Crippen LogP contribution in [0.5, 0.6) is 0 Å². The van der Waals surface area contributed by atoms with E-state index in [9.17, 15) is 4.79 Å². The van der Waals surface area contributed by atoms with E-state index in [1.54, 1.807) is 6.20 Å². The standard InChI is InChI=1S/C13H21N5O.2ClH/c1-2-8-17-13(19)18-12(14)16-10-5-7-11-6-3-4-9-15-11;;/h3-4,6,9H,2,5,7-8,10H2,1H3,(H4,14,16,17,18,19);2*1H. The molecule has 6 nitrogen and oxygen atoms in total. The van der Waals surface area contributed by atoms with Crippen molar-refractivity contribution in [2.75, 3.05) is 13.1 Å². The highest BCUT2D eigenvalue weighted by atomic mass is 35.5. The number of carbonyl (C=O) groups excluding carboxylic acids is 1. The fourth-order valence-corrected chi connectivity index (χ4v) is 1.44. The van der Waals surface area contributed by atoms with Gasteiger partial charge in [0.1, 0.15) is 0 Å². The maximum Gasteiger partial charge on any atom is 0.321 e. The number of hydrogen-bond donors (Lipinski definition) is 3. The van der Waals surface area contributed by atoms with Gasteiger partial charge in [-0.25, -0.2) is 4.79 Å². The van der Waals surface area contributed by atoms with Crippen molar-refractivity contribution < 1.29 is 4.79 Å². The molecule has 0 unspecified atom stereocenters. The summed E-state index contributed by atoms with van der Waals surface area (Å²) in [6.45, 7) is 3.17. The van der Waals surface area contributed by atoms with Crippen molar-refractivity contribution in [2.24, 2.45) is 10.7 Å². The lowest BCUT2D eigenvalue weighted by Crippen LogP contribution is -2.43. The van der Waals surface area contributed by atoms with E-state index in [1.807, 2.05) is 25.1 Å². The quantitative estimate of drug-likeness (QED) is 0.421. The largest absolute Gasteiger partial charge is 0.370 e. The lowest BCUT2D eigenvalue weighted by atomic mass is 10.2. The molecule has 1 rings (SSSR count). The van der Waals surface area contributed by atoms with Crippen molar-refractivity contribution in [3.63, 3.8) is 0 Å². The minimum atomic E-state index is -0.312. The molecule has 0 aliphatic carbocycles. The first-order chi connectivity index (χ1) is 9.22. The van der Waals surface area contributed by atoms with Crippen LogP contribution in [0.25, 0.3) is 0 Å². The molecule has 0 bridgehead atoms. The molecule has 4 N–H and O–H groups in total. The molecule has 120 valence electrons. The predicted molar refractivity (Wildman–Crippen MR) is 90.4 cm³/mol. The van der Waals surface area contributed by atoms with Gasteiger partial charge in [0.15, 0.2) is 5.96 Å². The van der Waals surface area contributed by atoms with Crippen LogP contribution in [0.4, 0.5) is 4.79 Å². The summed E-state index contributed by atoms with van der Waals surface area (Å²) in [5.41, 5.74) is 6.62. The Bertz CT molecular complexity index is 414. The summed E-state index contributed by atoms with van der Waals surface area (Å²) in [7, 11) is 0. The van der Waals surface area contributed by atoms with Crippen molar-refractivity contribution in [1.82, 2.24) is 15.6 Å². The summed E-state index contributed by atoms with van der Waals surface area (Å²) in [4.78, 5) is 19.6. The minimum absolute atomic E-state index is 0. The van der Waals surface area contributed by atoms with E-state index in [0.29, 0.717) is 13.1 Å². The average molecular weight is 336 g/mol. The first-order valence-electron chi connectivity index (χ1n) is 6.47. The third-order valence-electron chi connectivity index (χ3n) is 2.38. The van der Waals surface area contributed by atoms with Gasteiger partial charge in [-0.05, 0) is 31.4 Å². The van der Waals surface area contributed by atoms with Crippen LogP contribution in [0, 0.1) is 0 Å². The summed E-state index contributed by atoms with van der Waals surface area (Å²) < 4.78 is 0. The molecule has 1 heterocycles. The molecule has 8 heteroatoms. The number of nitrogens with one attached hydrogen (secondary N) is 2. The van der Waals surface area contributed by atoms with E-state index < -0.39 is 0 Å². The van der Waals surface area contributed by atoms with Gasteiger partial charge in [-0.1, -0.05) is 13.0 Å². The number of hydrogen-bond acceptors (Lipinski definition) is 3. The van der Waals surface area contributed by atoms with Crippen molar-refractivity contribution >= 4 is 36.8 Å². The zero-order valence-corrected chi connectivity index (χ0v) is 13.7. The second-order valence-electron chi connectivity index (χ2n) is 4.07. The highest BCUT2D eigenvalue weighted by Gasteiger charge is 2.00. The number of pyridine rings is 1. The van der Waals surface area contributed by atoms with Crippen LogP contribution in [-0.4, -0.2) is 30.1 Å². The number of nitrogens with zero attached hydrogens (tertiary/aromatic N) is 2. The average Bonchev–Trinajstić information content (AvgIpc) is 2.42. The highest BCUT2D eigenvalue weighted by molar-refractivity contribution is 5.95. The molecule has 1 aromatic heterocycles. The zero-order valence-electron chi connectivity index (χ0n) is 12.0.